The van der Waals surface area contributed by atoms with Crippen LogP contribution in [-0.4, -0.2) is 16.1 Å². The Morgan fingerprint density at radius 2 is 2.67 bits per heavy atom. The molecule has 0 fully saturated rings. The van der Waals surface area contributed by atoms with Gasteiger partial charge in [-0.1, -0.05) is 17.4 Å². The fourth-order valence-corrected chi connectivity index (χ4v) is 1.10. The summed E-state index contributed by atoms with van der Waals surface area (Å²) in [6, 6.07) is 0. The van der Waals surface area contributed by atoms with Crippen molar-refractivity contribution in [2.45, 2.75) is 12.8 Å². The van der Waals surface area contributed by atoms with E-state index in [-0.39, 0.29) is 5.91 Å². The van der Waals surface area contributed by atoms with Crippen LogP contribution in [0, 0.1) is 0 Å². The third kappa shape index (κ3) is 2.79. The number of amides is 1. The summed E-state index contributed by atoms with van der Waals surface area (Å²) in [4.78, 5) is 11.0. The highest BCUT2D eigenvalue weighted by molar-refractivity contribution is 7.13. The van der Waals surface area contributed by atoms with Crippen LogP contribution in [0.25, 0.3) is 0 Å². The van der Waals surface area contributed by atoms with Gasteiger partial charge in [0.25, 0.3) is 0 Å². The molecule has 0 bridgehead atoms. The molecule has 0 aliphatic rings. The van der Waals surface area contributed by atoms with E-state index >= 15 is 0 Å². The Kier molecular flexibility index (Phi) is 3.40. The minimum atomic E-state index is -0.0494. The van der Waals surface area contributed by atoms with Gasteiger partial charge in [0, 0.05) is 6.42 Å². The SMILES string of the molecule is C=CCCC(=O)Nc1nncs1. The molecule has 1 aromatic rings. The summed E-state index contributed by atoms with van der Waals surface area (Å²) >= 11 is 1.30. The van der Waals surface area contributed by atoms with Gasteiger partial charge in [0.05, 0.1) is 0 Å². The van der Waals surface area contributed by atoms with Crippen molar-refractivity contribution >= 4 is 22.4 Å². The van der Waals surface area contributed by atoms with Crippen LogP contribution >= 0.6 is 11.3 Å². The summed E-state index contributed by atoms with van der Waals surface area (Å²) in [5.74, 6) is -0.0494. The first-order valence-corrected chi connectivity index (χ1v) is 4.38. The zero-order chi connectivity index (χ0) is 8.81. The number of carbonyl (C=O) groups excluding carboxylic acids is 1. The standard InChI is InChI=1S/C7H9N3OS/c1-2-3-4-6(11)9-7-10-8-5-12-7/h2,5H,1,3-4H2,(H,9,10,11). The smallest absolute Gasteiger partial charge is 0.226 e. The number of nitrogens with one attached hydrogen (secondary N) is 1. The number of carbonyl (C=O) groups is 1. The topological polar surface area (TPSA) is 54.9 Å². The van der Waals surface area contributed by atoms with Crippen LogP contribution < -0.4 is 5.32 Å². The Bertz CT molecular complexity index is 258. The number of hydrogen-bond donors (Lipinski definition) is 1. The summed E-state index contributed by atoms with van der Waals surface area (Å²) in [5.41, 5.74) is 1.57. The lowest BCUT2D eigenvalue weighted by Gasteiger charge is -1.96. The molecule has 1 rings (SSSR count). The first-order valence-electron chi connectivity index (χ1n) is 3.50. The van der Waals surface area contributed by atoms with Gasteiger partial charge >= 0.3 is 0 Å². The normalized spacial score (nSPS) is 9.33. The van der Waals surface area contributed by atoms with E-state index in [0.29, 0.717) is 18.0 Å². The van der Waals surface area contributed by atoms with Crippen molar-refractivity contribution in [1.82, 2.24) is 10.2 Å². The van der Waals surface area contributed by atoms with E-state index in [1.165, 1.54) is 11.3 Å². The molecule has 4 nitrogen and oxygen atoms in total. The molecule has 0 saturated carbocycles. The van der Waals surface area contributed by atoms with Gasteiger partial charge in [0.1, 0.15) is 5.51 Å². The van der Waals surface area contributed by atoms with E-state index in [2.05, 4.69) is 22.1 Å². The summed E-state index contributed by atoms with van der Waals surface area (Å²) in [7, 11) is 0. The molecule has 64 valence electrons. The van der Waals surface area contributed by atoms with E-state index < -0.39 is 0 Å². The zero-order valence-electron chi connectivity index (χ0n) is 6.49. The lowest BCUT2D eigenvalue weighted by Crippen LogP contribution is -2.10. The monoisotopic (exact) mass is 183 g/mol. The fourth-order valence-electron chi connectivity index (χ4n) is 0.642. The van der Waals surface area contributed by atoms with Gasteiger partial charge in [-0.05, 0) is 6.42 Å². The Hall–Kier alpha value is -1.23. The second-order valence-electron chi connectivity index (χ2n) is 2.12. The van der Waals surface area contributed by atoms with Crippen molar-refractivity contribution in [3.63, 3.8) is 0 Å². The van der Waals surface area contributed by atoms with Crippen LogP contribution in [0.1, 0.15) is 12.8 Å². The zero-order valence-corrected chi connectivity index (χ0v) is 7.30. The molecule has 0 aliphatic heterocycles. The van der Waals surface area contributed by atoms with E-state index in [9.17, 15) is 4.79 Å². The number of aromatic nitrogens is 2. The second kappa shape index (κ2) is 4.61. The molecule has 0 saturated heterocycles. The Labute approximate surface area is 74.3 Å². The number of rotatable bonds is 4. The molecule has 0 unspecified atom stereocenters. The number of nitrogens with zero attached hydrogens (tertiary/aromatic N) is 2. The first-order chi connectivity index (χ1) is 5.83. The van der Waals surface area contributed by atoms with E-state index in [0.717, 1.165) is 0 Å². The maximum atomic E-state index is 11.0. The molecule has 1 heterocycles. The molecule has 0 aromatic carbocycles. The quantitative estimate of drug-likeness (QED) is 0.719. The van der Waals surface area contributed by atoms with Gasteiger partial charge in [-0.25, -0.2) is 0 Å². The highest BCUT2D eigenvalue weighted by Gasteiger charge is 2.02. The average Bonchev–Trinajstić information content (AvgIpc) is 2.53. The predicted molar refractivity (Wildman–Crippen MR) is 48.0 cm³/mol. The molecule has 1 aromatic heterocycles. The highest BCUT2D eigenvalue weighted by Crippen LogP contribution is 2.08. The van der Waals surface area contributed by atoms with Crippen molar-refractivity contribution in [2.75, 3.05) is 5.32 Å². The van der Waals surface area contributed by atoms with Crippen molar-refractivity contribution in [1.29, 1.82) is 0 Å². The van der Waals surface area contributed by atoms with E-state index in [4.69, 9.17) is 0 Å². The molecule has 0 atom stereocenters. The number of hydrogen-bond acceptors (Lipinski definition) is 4. The number of allylic oxidation sites excluding steroid dienone is 1. The third-order valence-electron chi connectivity index (χ3n) is 1.18. The van der Waals surface area contributed by atoms with Crippen LogP contribution in [0.5, 0.6) is 0 Å². The van der Waals surface area contributed by atoms with Crippen LogP contribution in [0.15, 0.2) is 18.2 Å². The predicted octanol–water partition coefficient (Wildman–Crippen LogP) is 1.44. The second-order valence-corrected chi connectivity index (χ2v) is 2.95. The van der Waals surface area contributed by atoms with Gasteiger partial charge in [0.2, 0.25) is 11.0 Å². The first kappa shape index (κ1) is 8.86. The van der Waals surface area contributed by atoms with Crippen molar-refractivity contribution < 1.29 is 4.79 Å². The molecule has 0 radical (unpaired) electrons. The summed E-state index contributed by atoms with van der Waals surface area (Å²) in [6.07, 6.45) is 2.84. The largest absolute Gasteiger partial charge is 0.301 e. The van der Waals surface area contributed by atoms with Gasteiger partial charge in [-0.15, -0.1) is 16.8 Å². The maximum absolute atomic E-state index is 11.0. The van der Waals surface area contributed by atoms with E-state index in [1.54, 1.807) is 11.6 Å². The molecule has 0 aliphatic carbocycles. The van der Waals surface area contributed by atoms with Crippen molar-refractivity contribution in [3.05, 3.63) is 18.2 Å². The Balaban J connectivity index is 2.32. The molecule has 0 spiro atoms. The molecule has 12 heavy (non-hydrogen) atoms. The summed E-state index contributed by atoms with van der Waals surface area (Å²) in [5, 5.41) is 10.4. The minimum absolute atomic E-state index is 0.0494. The molecule has 1 N–H and O–H groups in total. The van der Waals surface area contributed by atoms with Gasteiger partial charge in [-0.2, -0.15) is 0 Å². The Morgan fingerprint density at radius 1 is 1.83 bits per heavy atom. The average molecular weight is 183 g/mol. The van der Waals surface area contributed by atoms with Crippen LogP contribution in [0.4, 0.5) is 5.13 Å². The van der Waals surface area contributed by atoms with E-state index in [1.807, 2.05) is 0 Å². The van der Waals surface area contributed by atoms with Crippen molar-refractivity contribution in [2.24, 2.45) is 0 Å². The molecule has 1 amide bonds. The molecular formula is C7H9N3OS. The van der Waals surface area contributed by atoms with Gasteiger partial charge in [0.15, 0.2) is 0 Å². The maximum Gasteiger partial charge on any atom is 0.226 e. The summed E-state index contributed by atoms with van der Waals surface area (Å²) < 4.78 is 0. The number of anilines is 1. The van der Waals surface area contributed by atoms with Gasteiger partial charge < -0.3 is 5.32 Å². The van der Waals surface area contributed by atoms with Crippen LogP contribution in [0.2, 0.25) is 0 Å². The molecule has 5 heteroatoms. The lowest BCUT2D eigenvalue weighted by atomic mass is 10.3. The lowest BCUT2D eigenvalue weighted by molar-refractivity contribution is -0.116. The highest BCUT2D eigenvalue weighted by atomic mass is 32.1. The summed E-state index contributed by atoms with van der Waals surface area (Å²) in [6.45, 7) is 3.52. The Morgan fingerprint density at radius 3 is 3.25 bits per heavy atom. The van der Waals surface area contributed by atoms with Crippen LogP contribution in [-0.2, 0) is 4.79 Å². The van der Waals surface area contributed by atoms with Crippen molar-refractivity contribution in [3.8, 4) is 0 Å². The fraction of sp³-hybridized carbons (Fsp3) is 0.286. The minimum Gasteiger partial charge on any atom is -0.301 e. The van der Waals surface area contributed by atoms with Crippen LogP contribution in [0.3, 0.4) is 0 Å². The molecular weight excluding hydrogens is 174 g/mol. The van der Waals surface area contributed by atoms with Gasteiger partial charge in [-0.3, -0.25) is 4.79 Å². The third-order valence-corrected chi connectivity index (χ3v) is 1.79.